The summed E-state index contributed by atoms with van der Waals surface area (Å²) >= 11 is 0. The van der Waals surface area contributed by atoms with Gasteiger partial charge in [-0.1, -0.05) is 244 Å². The molecule has 0 saturated carbocycles. The molecule has 68 heavy (non-hydrogen) atoms. The molecule has 0 radical (unpaired) electrons. The third-order valence-corrected chi connectivity index (χ3v) is 14.1. The summed E-state index contributed by atoms with van der Waals surface area (Å²) in [7, 11) is 0. The number of fused-ring (bicyclic) bond motifs is 4. The number of hydrogen-bond donors (Lipinski definition) is 0. The molecule has 1 aliphatic carbocycles. The lowest BCUT2D eigenvalue weighted by molar-refractivity contribution is 0.660. The normalized spacial score (nSPS) is 12.4. The number of nitrogens with zero attached hydrogens (tertiary/aromatic N) is 1. The van der Waals surface area contributed by atoms with Crippen LogP contribution in [0.25, 0.3) is 88.7 Å². The number of para-hydroxylation sites is 1. The Morgan fingerprint density at radius 2 is 0.750 bits per heavy atom. The Hall–Kier alpha value is -8.52. The molecule has 1 nitrogen and oxygen atoms in total. The highest BCUT2D eigenvalue weighted by atomic mass is 15.1. The second-order valence-electron chi connectivity index (χ2n) is 18.4. The third-order valence-electron chi connectivity index (χ3n) is 14.1. The molecule has 0 aromatic heterocycles. The minimum absolute atomic E-state index is 0.127. The average molecular weight is 868 g/mol. The van der Waals surface area contributed by atoms with Gasteiger partial charge in [0.25, 0.3) is 0 Å². The van der Waals surface area contributed by atoms with Crippen LogP contribution >= 0.6 is 0 Å². The fraction of sp³-hybridized carbons (Fsp3) is 0.0448. The summed E-state index contributed by atoms with van der Waals surface area (Å²) in [6.45, 7) is 4.73. The van der Waals surface area contributed by atoms with Crippen LogP contribution in [0.15, 0.2) is 261 Å². The van der Waals surface area contributed by atoms with Crippen molar-refractivity contribution in [1.29, 1.82) is 0 Å². The maximum Gasteiger partial charge on any atom is 0.0546 e. The van der Waals surface area contributed by atoms with Crippen LogP contribution in [0.3, 0.4) is 0 Å². The van der Waals surface area contributed by atoms with Gasteiger partial charge >= 0.3 is 0 Å². The lowest BCUT2D eigenvalue weighted by Gasteiger charge is -2.32. The van der Waals surface area contributed by atoms with E-state index < -0.39 is 0 Å². The Morgan fingerprint density at radius 1 is 0.279 bits per heavy atom. The molecule has 12 rings (SSSR count). The van der Waals surface area contributed by atoms with Gasteiger partial charge in [-0.05, 0) is 119 Å². The van der Waals surface area contributed by atoms with Crippen LogP contribution in [-0.4, -0.2) is 0 Å². The zero-order chi connectivity index (χ0) is 45.6. The SMILES string of the molecule is CC1(C)c2ccccc2-c2ccc(-c3ccccc3N(c3ccc(-c4ccc(-c5cccc6ccccc56)cc4)cc3)c3cccc(-c4ccccc4)c3-c3ccccc3-c3ccccc3)cc21. The van der Waals surface area contributed by atoms with E-state index in [-0.39, 0.29) is 5.41 Å². The molecule has 1 aliphatic rings. The maximum absolute atomic E-state index is 2.50. The average Bonchev–Trinajstić information content (AvgIpc) is 3.64. The summed E-state index contributed by atoms with van der Waals surface area (Å²) in [6.07, 6.45) is 0. The zero-order valence-electron chi connectivity index (χ0n) is 38.3. The molecule has 0 amide bonds. The zero-order valence-corrected chi connectivity index (χ0v) is 38.3. The van der Waals surface area contributed by atoms with E-state index in [9.17, 15) is 0 Å². The van der Waals surface area contributed by atoms with Gasteiger partial charge in [0, 0.05) is 22.2 Å². The summed E-state index contributed by atoms with van der Waals surface area (Å²) in [5, 5.41) is 2.52. The van der Waals surface area contributed by atoms with Gasteiger partial charge in [0.2, 0.25) is 0 Å². The Bertz CT molecular complexity index is 3620. The van der Waals surface area contributed by atoms with Gasteiger partial charge in [0.05, 0.1) is 11.4 Å². The Kier molecular flexibility index (Phi) is 10.3. The van der Waals surface area contributed by atoms with Crippen LogP contribution in [0.4, 0.5) is 17.1 Å². The van der Waals surface area contributed by atoms with Crippen LogP contribution in [0, 0.1) is 0 Å². The van der Waals surface area contributed by atoms with Gasteiger partial charge in [-0.25, -0.2) is 0 Å². The first-order valence-corrected chi connectivity index (χ1v) is 23.7. The minimum Gasteiger partial charge on any atom is -0.309 e. The van der Waals surface area contributed by atoms with Crippen molar-refractivity contribution in [3.8, 4) is 77.9 Å². The highest BCUT2D eigenvalue weighted by Crippen LogP contribution is 2.53. The molecule has 11 aromatic rings. The fourth-order valence-corrected chi connectivity index (χ4v) is 10.8. The summed E-state index contributed by atoms with van der Waals surface area (Å²) in [4.78, 5) is 2.50. The topological polar surface area (TPSA) is 3.24 Å². The van der Waals surface area contributed by atoms with Crippen molar-refractivity contribution in [2.24, 2.45) is 0 Å². The van der Waals surface area contributed by atoms with Crippen molar-refractivity contribution >= 4 is 27.8 Å². The van der Waals surface area contributed by atoms with Gasteiger partial charge in [-0.3, -0.25) is 0 Å². The fourth-order valence-electron chi connectivity index (χ4n) is 10.8. The van der Waals surface area contributed by atoms with Crippen molar-refractivity contribution in [3.63, 3.8) is 0 Å². The van der Waals surface area contributed by atoms with Crippen LogP contribution in [0.1, 0.15) is 25.0 Å². The molecule has 0 aliphatic heterocycles. The molecule has 0 saturated heterocycles. The molecule has 322 valence electrons. The predicted octanol–water partition coefficient (Wildman–Crippen LogP) is 18.6. The molecule has 0 fully saturated rings. The molecular weight excluding hydrogens is 819 g/mol. The van der Waals surface area contributed by atoms with Gasteiger partial charge in [-0.2, -0.15) is 0 Å². The number of hydrogen-bond acceptors (Lipinski definition) is 1. The monoisotopic (exact) mass is 867 g/mol. The lowest BCUT2D eigenvalue weighted by Crippen LogP contribution is -2.15. The second-order valence-corrected chi connectivity index (χ2v) is 18.4. The highest BCUT2D eigenvalue weighted by molar-refractivity contribution is 6.03. The van der Waals surface area contributed by atoms with E-state index in [4.69, 9.17) is 0 Å². The van der Waals surface area contributed by atoms with E-state index in [0.29, 0.717) is 0 Å². The van der Waals surface area contributed by atoms with Crippen LogP contribution in [0.5, 0.6) is 0 Å². The van der Waals surface area contributed by atoms with E-state index in [2.05, 4.69) is 280 Å². The van der Waals surface area contributed by atoms with Gasteiger partial charge in [-0.15, -0.1) is 0 Å². The van der Waals surface area contributed by atoms with Gasteiger partial charge in [0.1, 0.15) is 0 Å². The van der Waals surface area contributed by atoms with E-state index in [1.807, 2.05) is 0 Å². The van der Waals surface area contributed by atoms with Crippen molar-refractivity contribution in [1.82, 2.24) is 0 Å². The number of anilines is 3. The molecule has 0 unspecified atom stereocenters. The van der Waals surface area contributed by atoms with Crippen molar-refractivity contribution in [2.75, 3.05) is 4.90 Å². The first-order valence-electron chi connectivity index (χ1n) is 23.7. The van der Waals surface area contributed by atoms with Crippen LogP contribution in [0.2, 0.25) is 0 Å². The highest BCUT2D eigenvalue weighted by Gasteiger charge is 2.35. The standard InChI is InChI=1S/C67H49N/c1-67(2)62-32-15-13-28-59(62)60-44-41-52(45-63(60)67)57-27-14-16-33-64(57)68(53-42-39-47(40-43-53)46-35-37-51(38-36-46)55-30-17-24-49-23-9-10-25-54(49)55)65-34-18-31-58(50-21-7-4-8-22-50)66(65)61-29-12-11-26-56(61)48-19-5-3-6-20-48/h3-45H,1-2H3. The predicted molar refractivity (Wildman–Crippen MR) is 289 cm³/mol. The first kappa shape index (κ1) is 40.9. The molecule has 11 aromatic carbocycles. The Labute approximate surface area is 399 Å². The first-order chi connectivity index (χ1) is 33.5. The van der Waals surface area contributed by atoms with E-state index in [0.717, 1.165) is 17.1 Å². The number of benzene rings is 11. The summed E-state index contributed by atoms with van der Waals surface area (Å²) in [6, 6.07) is 95.7. The summed E-state index contributed by atoms with van der Waals surface area (Å²) in [5.41, 5.74) is 22.8. The Morgan fingerprint density at radius 3 is 1.50 bits per heavy atom. The lowest BCUT2D eigenvalue weighted by atomic mass is 9.81. The maximum atomic E-state index is 2.50. The quantitative estimate of drug-likeness (QED) is 0.140. The van der Waals surface area contributed by atoms with Gasteiger partial charge < -0.3 is 4.90 Å². The summed E-state index contributed by atoms with van der Waals surface area (Å²) in [5.74, 6) is 0. The molecular formula is C67H49N. The molecule has 0 atom stereocenters. The molecule has 0 heterocycles. The van der Waals surface area contributed by atoms with E-state index >= 15 is 0 Å². The van der Waals surface area contributed by atoms with Crippen LogP contribution < -0.4 is 4.90 Å². The molecule has 0 N–H and O–H groups in total. The van der Waals surface area contributed by atoms with Crippen molar-refractivity contribution in [2.45, 2.75) is 19.3 Å². The van der Waals surface area contributed by atoms with Crippen molar-refractivity contribution < 1.29 is 0 Å². The van der Waals surface area contributed by atoms with Gasteiger partial charge in [0.15, 0.2) is 0 Å². The van der Waals surface area contributed by atoms with E-state index in [1.54, 1.807) is 0 Å². The molecule has 0 bridgehead atoms. The Balaban J connectivity index is 1.05. The smallest absolute Gasteiger partial charge is 0.0546 e. The molecule has 1 heteroatoms. The molecule has 0 spiro atoms. The van der Waals surface area contributed by atoms with Crippen LogP contribution in [-0.2, 0) is 5.41 Å². The summed E-state index contributed by atoms with van der Waals surface area (Å²) < 4.78 is 0. The second kappa shape index (κ2) is 17.0. The van der Waals surface area contributed by atoms with Crippen molar-refractivity contribution in [3.05, 3.63) is 272 Å². The third kappa shape index (κ3) is 7.12. The number of rotatable bonds is 9. The minimum atomic E-state index is -0.127. The van der Waals surface area contributed by atoms with E-state index in [1.165, 1.54) is 99.8 Å². The largest absolute Gasteiger partial charge is 0.309 e.